The molecule has 0 bridgehead atoms. The summed E-state index contributed by atoms with van der Waals surface area (Å²) in [6.45, 7) is 1.96. The van der Waals surface area contributed by atoms with Crippen LogP contribution >= 0.6 is 15.9 Å². The van der Waals surface area contributed by atoms with Gasteiger partial charge in [-0.1, -0.05) is 76.6 Å². The summed E-state index contributed by atoms with van der Waals surface area (Å²) in [5.41, 5.74) is 1.28. The van der Waals surface area contributed by atoms with E-state index in [0.29, 0.717) is 6.42 Å². The molecule has 4 nitrogen and oxygen atoms in total. The van der Waals surface area contributed by atoms with Gasteiger partial charge in [-0.3, -0.25) is 0 Å². The molecule has 0 amide bonds. The number of esters is 2. The highest BCUT2D eigenvalue weighted by molar-refractivity contribution is 9.09. The van der Waals surface area contributed by atoms with Gasteiger partial charge in [0, 0.05) is 12.5 Å². The van der Waals surface area contributed by atoms with E-state index in [0.717, 1.165) is 16.7 Å². The van der Waals surface area contributed by atoms with Crippen LogP contribution < -0.4 is 0 Å². The Hall–Kier alpha value is -2.40. The third kappa shape index (κ3) is 4.30. The van der Waals surface area contributed by atoms with E-state index in [2.05, 4.69) is 15.9 Å². The number of ether oxygens (including phenoxy) is 2. The molecule has 2 aromatic carbocycles. The minimum atomic E-state index is -1.41. The van der Waals surface area contributed by atoms with Crippen molar-refractivity contribution in [3.8, 4) is 0 Å². The van der Waals surface area contributed by atoms with Crippen molar-refractivity contribution >= 4 is 33.4 Å². The molecule has 0 saturated carbocycles. The average Bonchev–Trinajstić information content (AvgIpc) is 2.69. The van der Waals surface area contributed by atoms with Crippen LogP contribution in [0.2, 0.25) is 0 Å². The molecule has 0 unspecified atom stereocenters. The Labute approximate surface area is 167 Å². The first-order valence-corrected chi connectivity index (χ1v) is 9.81. The van der Waals surface area contributed by atoms with Gasteiger partial charge in [-0.2, -0.15) is 0 Å². The van der Waals surface area contributed by atoms with Crippen LogP contribution in [-0.2, 0) is 25.5 Å². The quantitative estimate of drug-likeness (QED) is 0.507. The first-order chi connectivity index (χ1) is 13.0. The van der Waals surface area contributed by atoms with Gasteiger partial charge < -0.3 is 9.47 Å². The average molecular weight is 429 g/mol. The van der Waals surface area contributed by atoms with Crippen LogP contribution in [0.3, 0.4) is 0 Å². The predicted molar refractivity (Wildman–Crippen MR) is 107 cm³/mol. The summed E-state index contributed by atoms with van der Waals surface area (Å²) in [7, 11) is 0. The standard InChI is InChI=1S/C22H21BrO4/c1-2-26-21(25)22(19(23)13-16-9-5-3-6-10-16)15-18(14-20(24)27-22)17-11-7-4-8-12-17/h3-12,14,19H,2,13,15H2,1H3/t19-,22+/m0/s1. The van der Waals surface area contributed by atoms with Crippen molar-refractivity contribution in [3.63, 3.8) is 0 Å². The van der Waals surface area contributed by atoms with Crippen LogP contribution in [0.15, 0.2) is 66.7 Å². The van der Waals surface area contributed by atoms with Crippen molar-refractivity contribution in [1.82, 2.24) is 0 Å². The van der Waals surface area contributed by atoms with Crippen molar-refractivity contribution in [2.75, 3.05) is 6.61 Å². The van der Waals surface area contributed by atoms with Crippen molar-refractivity contribution in [3.05, 3.63) is 77.9 Å². The van der Waals surface area contributed by atoms with E-state index in [4.69, 9.17) is 9.47 Å². The molecule has 3 rings (SSSR count). The molecule has 0 radical (unpaired) electrons. The fourth-order valence-corrected chi connectivity index (χ4v) is 4.03. The number of hydrogen-bond donors (Lipinski definition) is 0. The summed E-state index contributed by atoms with van der Waals surface area (Å²) < 4.78 is 10.9. The second-order valence-corrected chi connectivity index (χ2v) is 7.51. The number of alkyl halides is 1. The third-order valence-electron chi connectivity index (χ3n) is 4.56. The molecule has 0 saturated heterocycles. The Bertz CT molecular complexity index is 832. The summed E-state index contributed by atoms with van der Waals surface area (Å²) in [6, 6.07) is 19.3. The zero-order valence-corrected chi connectivity index (χ0v) is 16.6. The Kier molecular flexibility index (Phi) is 6.11. The molecular formula is C22H21BrO4. The van der Waals surface area contributed by atoms with Crippen molar-refractivity contribution < 1.29 is 19.1 Å². The lowest BCUT2D eigenvalue weighted by molar-refractivity contribution is -0.180. The first-order valence-electron chi connectivity index (χ1n) is 8.89. The van der Waals surface area contributed by atoms with Crippen LogP contribution in [0.4, 0.5) is 0 Å². The fraction of sp³-hybridized carbons (Fsp3) is 0.273. The summed E-state index contributed by atoms with van der Waals surface area (Å²) in [5.74, 6) is -1.07. The van der Waals surface area contributed by atoms with Crippen molar-refractivity contribution in [1.29, 1.82) is 0 Å². The van der Waals surface area contributed by atoms with E-state index in [-0.39, 0.29) is 13.0 Å². The molecule has 140 valence electrons. The minimum Gasteiger partial charge on any atom is -0.463 e. The maximum absolute atomic E-state index is 12.9. The topological polar surface area (TPSA) is 52.6 Å². The Morgan fingerprint density at radius 1 is 1.15 bits per heavy atom. The number of carbonyl (C=O) groups excluding carboxylic acids is 2. The number of rotatable bonds is 6. The van der Waals surface area contributed by atoms with Gasteiger partial charge in [0.25, 0.3) is 0 Å². The molecule has 1 aliphatic rings. The highest BCUT2D eigenvalue weighted by Gasteiger charge is 2.52. The third-order valence-corrected chi connectivity index (χ3v) is 5.62. The molecule has 2 atom stereocenters. The molecule has 0 fully saturated rings. The molecule has 5 heteroatoms. The van der Waals surface area contributed by atoms with Gasteiger partial charge >= 0.3 is 11.9 Å². The monoisotopic (exact) mass is 428 g/mol. The van der Waals surface area contributed by atoms with Gasteiger partial charge in [0.1, 0.15) is 0 Å². The number of hydrogen-bond acceptors (Lipinski definition) is 4. The lowest BCUT2D eigenvalue weighted by atomic mass is 9.83. The highest BCUT2D eigenvalue weighted by Crippen LogP contribution is 2.39. The second kappa shape index (κ2) is 8.53. The largest absolute Gasteiger partial charge is 0.463 e. The van der Waals surface area contributed by atoms with Crippen LogP contribution in [0.25, 0.3) is 5.57 Å². The SMILES string of the molecule is CCOC(=O)[C@]1([C@@H](Br)Cc2ccccc2)CC(c2ccccc2)=CC(=O)O1. The molecule has 27 heavy (non-hydrogen) atoms. The van der Waals surface area contributed by atoms with E-state index in [1.54, 1.807) is 6.92 Å². The molecule has 2 aromatic rings. The molecule has 0 aliphatic carbocycles. The van der Waals surface area contributed by atoms with Crippen LogP contribution in [0.5, 0.6) is 0 Å². The van der Waals surface area contributed by atoms with Gasteiger partial charge in [-0.25, -0.2) is 9.59 Å². The minimum absolute atomic E-state index is 0.216. The predicted octanol–water partition coefficient (Wildman–Crippen LogP) is 4.33. The van der Waals surface area contributed by atoms with E-state index >= 15 is 0 Å². The summed E-state index contributed by atoms with van der Waals surface area (Å²) in [6.07, 6.45) is 2.23. The normalized spacial score (nSPS) is 20.4. The molecule has 1 heterocycles. The fourth-order valence-electron chi connectivity index (χ4n) is 3.21. The van der Waals surface area contributed by atoms with E-state index in [1.807, 2.05) is 60.7 Å². The van der Waals surface area contributed by atoms with Crippen LogP contribution in [-0.4, -0.2) is 29.0 Å². The zero-order valence-electron chi connectivity index (χ0n) is 15.1. The van der Waals surface area contributed by atoms with Crippen LogP contribution in [0, 0.1) is 0 Å². The lowest BCUT2D eigenvalue weighted by Crippen LogP contribution is -2.53. The summed E-state index contributed by atoms with van der Waals surface area (Å²) in [5, 5.41) is 0. The summed E-state index contributed by atoms with van der Waals surface area (Å²) >= 11 is 3.63. The van der Waals surface area contributed by atoms with E-state index in [9.17, 15) is 9.59 Å². The number of carbonyl (C=O) groups is 2. The highest BCUT2D eigenvalue weighted by atomic mass is 79.9. The number of cyclic esters (lactones) is 1. The molecule has 0 aromatic heterocycles. The lowest BCUT2D eigenvalue weighted by Gasteiger charge is -2.38. The molecule has 1 aliphatic heterocycles. The van der Waals surface area contributed by atoms with Gasteiger partial charge in [-0.15, -0.1) is 0 Å². The smallest absolute Gasteiger partial charge is 0.352 e. The molecular weight excluding hydrogens is 408 g/mol. The Balaban J connectivity index is 1.96. The van der Waals surface area contributed by atoms with Crippen molar-refractivity contribution in [2.24, 2.45) is 0 Å². The maximum Gasteiger partial charge on any atom is 0.352 e. The second-order valence-electron chi connectivity index (χ2n) is 6.40. The van der Waals surface area contributed by atoms with Gasteiger partial charge in [0.15, 0.2) is 0 Å². The van der Waals surface area contributed by atoms with Gasteiger partial charge in [-0.05, 0) is 30.0 Å². The van der Waals surface area contributed by atoms with Gasteiger partial charge in [0.2, 0.25) is 5.60 Å². The number of halogens is 1. The zero-order chi connectivity index (χ0) is 19.3. The van der Waals surface area contributed by atoms with Gasteiger partial charge in [0.05, 0.1) is 11.4 Å². The summed E-state index contributed by atoms with van der Waals surface area (Å²) in [4.78, 5) is 24.9. The molecule has 0 N–H and O–H groups in total. The number of benzene rings is 2. The molecule has 0 spiro atoms. The Morgan fingerprint density at radius 3 is 2.41 bits per heavy atom. The first kappa shape index (κ1) is 19.4. The van der Waals surface area contributed by atoms with Crippen molar-refractivity contribution in [2.45, 2.75) is 30.2 Å². The van der Waals surface area contributed by atoms with E-state index < -0.39 is 22.4 Å². The van der Waals surface area contributed by atoms with Crippen LogP contribution in [0.1, 0.15) is 24.5 Å². The Morgan fingerprint density at radius 2 is 1.78 bits per heavy atom. The maximum atomic E-state index is 12.9. The van der Waals surface area contributed by atoms with E-state index in [1.165, 1.54) is 6.08 Å².